The Bertz CT molecular complexity index is 303. The van der Waals surface area contributed by atoms with Crippen molar-refractivity contribution in [3.8, 4) is 11.8 Å². The quantitative estimate of drug-likeness (QED) is 0.775. The molecule has 2 nitrogen and oxygen atoms in total. The molecular weight excluding hydrogens is 206 g/mol. The van der Waals surface area contributed by atoms with Crippen molar-refractivity contribution in [2.75, 3.05) is 0 Å². The summed E-state index contributed by atoms with van der Waals surface area (Å²) in [5.41, 5.74) is 0.655. The zero-order valence-electron chi connectivity index (χ0n) is 5.71. The molecule has 0 aromatic heterocycles. The zero-order valence-corrected chi connectivity index (χ0v) is 7.30. The van der Waals surface area contributed by atoms with Crippen LogP contribution in [0.1, 0.15) is 5.56 Å². The molecule has 0 spiro atoms. The van der Waals surface area contributed by atoms with Gasteiger partial charge in [-0.1, -0.05) is 15.9 Å². The van der Waals surface area contributed by atoms with E-state index in [-0.39, 0.29) is 12.2 Å². The molecule has 56 valence electrons. The largest absolute Gasteiger partial charge is 0.508 e. The van der Waals surface area contributed by atoms with E-state index in [0.29, 0.717) is 5.56 Å². The maximum Gasteiger partial charge on any atom is 0.119 e. The Balaban J connectivity index is 3.05. The summed E-state index contributed by atoms with van der Waals surface area (Å²) in [6, 6.07) is 7.00. The Kier molecular flexibility index (Phi) is 2.50. The van der Waals surface area contributed by atoms with Crippen LogP contribution in [0.4, 0.5) is 0 Å². The van der Waals surface area contributed by atoms with Gasteiger partial charge >= 0.3 is 0 Å². The number of benzene rings is 1. The van der Waals surface area contributed by atoms with Crippen molar-refractivity contribution in [2.45, 2.75) is 6.42 Å². The second kappa shape index (κ2) is 3.40. The highest BCUT2D eigenvalue weighted by atomic mass is 79.9. The molecule has 1 rings (SSSR count). The summed E-state index contributed by atoms with van der Waals surface area (Å²) in [6.45, 7) is 0. The molecule has 0 unspecified atom stereocenters. The number of hydrogen-bond acceptors (Lipinski definition) is 2. The zero-order chi connectivity index (χ0) is 8.27. The van der Waals surface area contributed by atoms with Gasteiger partial charge in [-0.3, -0.25) is 0 Å². The molecular formula is C8H6BrNO. The van der Waals surface area contributed by atoms with Crippen molar-refractivity contribution >= 4 is 15.9 Å². The fourth-order valence-electron chi connectivity index (χ4n) is 0.781. The minimum absolute atomic E-state index is 0.176. The molecule has 3 heteroatoms. The lowest BCUT2D eigenvalue weighted by Gasteiger charge is -1.98. The minimum atomic E-state index is 0.176. The molecule has 0 saturated carbocycles. The van der Waals surface area contributed by atoms with Crippen LogP contribution in [0.15, 0.2) is 22.7 Å². The molecule has 1 aromatic carbocycles. The predicted octanol–water partition coefficient (Wildman–Crippen LogP) is 2.22. The van der Waals surface area contributed by atoms with E-state index in [1.807, 2.05) is 6.07 Å². The first-order valence-corrected chi connectivity index (χ1v) is 3.87. The molecule has 0 aliphatic heterocycles. The summed E-state index contributed by atoms with van der Waals surface area (Å²) < 4.78 is 0.876. The van der Waals surface area contributed by atoms with E-state index in [9.17, 15) is 5.11 Å². The Morgan fingerprint density at radius 3 is 2.91 bits per heavy atom. The molecule has 0 radical (unpaired) electrons. The summed E-state index contributed by atoms with van der Waals surface area (Å²) in [6.07, 6.45) is 0.241. The molecule has 0 saturated heterocycles. The molecule has 0 bridgehead atoms. The van der Waals surface area contributed by atoms with Crippen molar-refractivity contribution in [3.63, 3.8) is 0 Å². The second-order valence-corrected chi connectivity index (χ2v) is 3.02. The van der Waals surface area contributed by atoms with E-state index in [1.165, 1.54) is 0 Å². The molecule has 0 fully saturated rings. The van der Waals surface area contributed by atoms with Crippen molar-refractivity contribution in [1.29, 1.82) is 5.26 Å². The van der Waals surface area contributed by atoms with Gasteiger partial charge < -0.3 is 5.11 Å². The molecule has 1 aromatic rings. The average Bonchev–Trinajstić information content (AvgIpc) is 1.98. The number of aromatic hydroxyl groups is 1. The lowest BCUT2D eigenvalue weighted by atomic mass is 10.1. The summed E-state index contributed by atoms with van der Waals surface area (Å²) in [5.74, 6) is 0.176. The van der Waals surface area contributed by atoms with Crippen molar-refractivity contribution in [2.24, 2.45) is 0 Å². The van der Waals surface area contributed by atoms with Gasteiger partial charge in [0.25, 0.3) is 0 Å². The van der Waals surface area contributed by atoms with Crippen LogP contribution in [0.25, 0.3) is 0 Å². The third-order valence-electron chi connectivity index (χ3n) is 1.31. The third-order valence-corrected chi connectivity index (χ3v) is 1.80. The first-order valence-electron chi connectivity index (χ1n) is 3.08. The number of phenols is 1. The van der Waals surface area contributed by atoms with Gasteiger partial charge in [-0.05, 0) is 18.2 Å². The van der Waals surface area contributed by atoms with Gasteiger partial charge in [0.05, 0.1) is 12.5 Å². The number of hydrogen-bond donors (Lipinski definition) is 1. The average molecular weight is 212 g/mol. The van der Waals surface area contributed by atoms with Crippen LogP contribution in [0.3, 0.4) is 0 Å². The maximum absolute atomic E-state index is 9.19. The molecule has 0 aliphatic carbocycles. The lowest BCUT2D eigenvalue weighted by Crippen LogP contribution is -1.81. The van der Waals surface area contributed by atoms with Crippen molar-refractivity contribution < 1.29 is 5.11 Å². The highest BCUT2D eigenvalue weighted by Crippen LogP contribution is 2.21. The van der Waals surface area contributed by atoms with E-state index < -0.39 is 0 Å². The van der Waals surface area contributed by atoms with Crippen LogP contribution < -0.4 is 0 Å². The molecule has 0 amide bonds. The predicted molar refractivity (Wildman–Crippen MR) is 45.1 cm³/mol. The summed E-state index contributed by atoms with van der Waals surface area (Å²) in [5, 5.41) is 17.6. The molecule has 1 N–H and O–H groups in total. The normalized spacial score (nSPS) is 9.09. The van der Waals surface area contributed by atoms with Crippen LogP contribution in [0.5, 0.6) is 5.75 Å². The topological polar surface area (TPSA) is 44.0 Å². The van der Waals surface area contributed by atoms with Crippen LogP contribution in [0.2, 0.25) is 0 Å². The Labute approximate surface area is 73.2 Å². The van der Waals surface area contributed by atoms with E-state index in [2.05, 4.69) is 15.9 Å². The Morgan fingerprint density at radius 1 is 1.55 bits per heavy atom. The van der Waals surface area contributed by atoms with Gasteiger partial charge in [0, 0.05) is 10.0 Å². The van der Waals surface area contributed by atoms with Crippen molar-refractivity contribution in [3.05, 3.63) is 28.2 Å². The first-order chi connectivity index (χ1) is 5.24. The van der Waals surface area contributed by atoms with Crippen LogP contribution in [-0.2, 0) is 6.42 Å². The smallest absolute Gasteiger partial charge is 0.119 e. The Hall–Kier alpha value is -1.01. The van der Waals surface area contributed by atoms with Gasteiger partial charge in [0.2, 0.25) is 0 Å². The maximum atomic E-state index is 9.19. The molecule has 11 heavy (non-hydrogen) atoms. The number of nitrogens with zero attached hydrogens (tertiary/aromatic N) is 1. The molecule has 0 aliphatic rings. The summed E-state index contributed by atoms with van der Waals surface area (Å²) >= 11 is 3.25. The monoisotopic (exact) mass is 211 g/mol. The van der Waals surface area contributed by atoms with Gasteiger partial charge in [0.15, 0.2) is 0 Å². The fraction of sp³-hybridized carbons (Fsp3) is 0.125. The third kappa shape index (κ3) is 1.95. The van der Waals surface area contributed by atoms with E-state index in [0.717, 1.165) is 4.47 Å². The number of nitriles is 1. The van der Waals surface area contributed by atoms with Crippen LogP contribution in [-0.4, -0.2) is 5.11 Å². The minimum Gasteiger partial charge on any atom is -0.508 e. The molecule has 0 heterocycles. The second-order valence-electron chi connectivity index (χ2n) is 2.11. The van der Waals surface area contributed by atoms with Gasteiger partial charge in [-0.15, -0.1) is 0 Å². The summed E-state index contributed by atoms with van der Waals surface area (Å²) in [4.78, 5) is 0. The highest BCUT2D eigenvalue weighted by Gasteiger charge is 1.99. The molecule has 0 atom stereocenters. The summed E-state index contributed by atoms with van der Waals surface area (Å²) in [7, 11) is 0. The van der Waals surface area contributed by atoms with Crippen LogP contribution in [0, 0.1) is 11.3 Å². The van der Waals surface area contributed by atoms with Crippen molar-refractivity contribution in [1.82, 2.24) is 0 Å². The number of phenolic OH excluding ortho intramolecular Hbond substituents is 1. The van der Waals surface area contributed by atoms with E-state index in [4.69, 9.17) is 5.26 Å². The van der Waals surface area contributed by atoms with Gasteiger partial charge in [-0.25, -0.2) is 0 Å². The van der Waals surface area contributed by atoms with E-state index in [1.54, 1.807) is 18.2 Å². The Morgan fingerprint density at radius 2 is 2.27 bits per heavy atom. The highest BCUT2D eigenvalue weighted by molar-refractivity contribution is 9.10. The number of rotatable bonds is 1. The lowest BCUT2D eigenvalue weighted by molar-refractivity contribution is 0.470. The van der Waals surface area contributed by atoms with E-state index >= 15 is 0 Å². The number of halogens is 1. The fourth-order valence-corrected chi connectivity index (χ4v) is 1.19. The van der Waals surface area contributed by atoms with Crippen LogP contribution >= 0.6 is 15.9 Å². The van der Waals surface area contributed by atoms with Gasteiger partial charge in [0.1, 0.15) is 5.75 Å². The standard InChI is InChI=1S/C8H6BrNO/c9-7-1-2-8(11)6(5-7)3-4-10/h1-2,5,11H,3H2. The SMILES string of the molecule is N#CCc1cc(Br)ccc1O. The first kappa shape index (κ1) is 8.09. The van der Waals surface area contributed by atoms with Gasteiger partial charge in [-0.2, -0.15) is 5.26 Å².